The van der Waals surface area contributed by atoms with Gasteiger partial charge >= 0.3 is 0 Å². The molecule has 0 aromatic heterocycles. The summed E-state index contributed by atoms with van der Waals surface area (Å²) in [6.07, 6.45) is 7.51. The standard InChI is InChI=1S/C12H17NO2S/c14-8-2-6-13-7-5-12(15)10-3-1-4-11(16)9-10/h1,3,9,13-14H,2,4-8H2. The van der Waals surface area contributed by atoms with E-state index in [1.165, 1.54) is 0 Å². The summed E-state index contributed by atoms with van der Waals surface area (Å²) in [7, 11) is 0. The van der Waals surface area contributed by atoms with Crippen LogP contribution in [0.3, 0.4) is 0 Å². The summed E-state index contributed by atoms with van der Waals surface area (Å²) in [5.74, 6) is 0.120. The number of rotatable bonds is 7. The number of ketones is 1. The van der Waals surface area contributed by atoms with Crippen molar-refractivity contribution in [1.82, 2.24) is 5.32 Å². The molecule has 0 unspecified atom stereocenters. The molecule has 0 fully saturated rings. The van der Waals surface area contributed by atoms with E-state index in [2.05, 4.69) is 5.32 Å². The Bertz CT molecular complexity index is 321. The van der Waals surface area contributed by atoms with E-state index in [0.717, 1.165) is 24.3 Å². The third-order valence-electron chi connectivity index (χ3n) is 2.30. The minimum Gasteiger partial charge on any atom is -0.396 e. The minimum atomic E-state index is 0.120. The van der Waals surface area contributed by atoms with Crippen LogP contribution in [-0.2, 0) is 4.79 Å². The zero-order valence-electron chi connectivity index (χ0n) is 9.24. The Morgan fingerprint density at radius 2 is 2.31 bits per heavy atom. The van der Waals surface area contributed by atoms with Crippen LogP contribution in [0.2, 0.25) is 0 Å². The van der Waals surface area contributed by atoms with Crippen molar-refractivity contribution in [3.05, 3.63) is 23.8 Å². The second kappa shape index (κ2) is 7.44. The summed E-state index contributed by atoms with van der Waals surface area (Å²) in [5.41, 5.74) is 0.709. The van der Waals surface area contributed by atoms with E-state index < -0.39 is 0 Å². The summed E-state index contributed by atoms with van der Waals surface area (Å²) in [6, 6.07) is 0. The van der Waals surface area contributed by atoms with Gasteiger partial charge in [0.25, 0.3) is 0 Å². The van der Waals surface area contributed by atoms with Gasteiger partial charge in [-0.1, -0.05) is 24.4 Å². The molecule has 0 saturated heterocycles. The normalized spacial score (nSPS) is 15.1. The van der Waals surface area contributed by atoms with Crippen LogP contribution in [0, 0.1) is 0 Å². The van der Waals surface area contributed by atoms with Gasteiger partial charge in [0.1, 0.15) is 0 Å². The van der Waals surface area contributed by atoms with Crippen LogP contribution >= 0.6 is 12.2 Å². The molecule has 0 saturated carbocycles. The molecule has 88 valence electrons. The summed E-state index contributed by atoms with van der Waals surface area (Å²) in [4.78, 5) is 12.5. The SMILES string of the molecule is O=C(CCNCCCO)C1=CC(=S)CC=C1. The summed E-state index contributed by atoms with van der Waals surface area (Å²) >= 11 is 5.05. The van der Waals surface area contributed by atoms with Crippen molar-refractivity contribution in [1.29, 1.82) is 0 Å². The lowest BCUT2D eigenvalue weighted by atomic mass is 10.0. The molecule has 0 radical (unpaired) electrons. The number of aliphatic hydroxyl groups is 1. The molecule has 4 heteroatoms. The maximum atomic E-state index is 11.7. The Kier molecular flexibility index (Phi) is 6.15. The van der Waals surface area contributed by atoms with Crippen LogP contribution in [0.15, 0.2) is 23.8 Å². The zero-order valence-corrected chi connectivity index (χ0v) is 10.1. The molecule has 2 N–H and O–H groups in total. The maximum absolute atomic E-state index is 11.7. The van der Waals surface area contributed by atoms with Gasteiger partial charge in [-0.05, 0) is 19.0 Å². The molecule has 0 heterocycles. The Balaban J connectivity index is 2.25. The second-order valence-electron chi connectivity index (χ2n) is 3.67. The van der Waals surface area contributed by atoms with E-state index in [-0.39, 0.29) is 12.4 Å². The van der Waals surface area contributed by atoms with E-state index in [4.69, 9.17) is 17.3 Å². The van der Waals surface area contributed by atoms with E-state index in [1.54, 1.807) is 6.08 Å². The fraction of sp³-hybridized carbons (Fsp3) is 0.500. The Hall–Kier alpha value is -0.840. The second-order valence-corrected chi connectivity index (χ2v) is 4.20. The fourth-order valence-electron chi connectivity index (χ4n) is 1.43. The van der Waals surface area contributed by atoms with Crippen molar-refractivity contribution in [2.24, 2.45) is 0 Å². The molecule has 0 aromatic rings. The first-order chi connectivity index (χ1) is 7.74. The third-order valence-corrected chi connectivity index (χ3v) is 2.58. The van der Waals surface area contributed by atoms with Crippen LogP contribution in [0.1, 0.15) is 19.3 Å². The number of allylic oxidation sites excluding steroid dienone is 4. The molecule has 0 aliphatic heterocycles. The monoisotopic (exact) mass is 239 g/mol. The number of carbonyl (C=O) groups excluding carboxylic acids is 1. The molecule has 0 amide bonds. The maximum Gasteiger partial charge on any atom is 0.164 e. The van der Waals surface area contributed by atoms with Crippen LogP contribution in [-0.4, -0.2) is 35.5 Å². The number of Topliss-reactive ketones (excluding diaryl/α,β-unsaturated/α-hetero) is 1. The van der Waals surface area contributed by atoms with Crippen LogP contribution in [0.5, 0.6) is 0 Å². The Morgan fingerprint density at radius 1 is 1.50 bits per heavy atom. The third kappa shape index (κ3) is 4.79. The summed E-state index contributed by atoms with van der Waals surface area (Å²) in [6.45, 7) is 1.58. The largest absolute Gasteiger partial charge is 0.396 e. The highest BCUT2D eigenvalue weighted by atomic mass is 32.1. The van der Waals surface area contributed by atoms with Crippen molar-refractivity contribution in [3.8, 4) is 0 Å². The summed E-state index contributed by atoms with van der Waals surface area (Å²) in [5, 5.41) is 11.7. The number of carbonyl (C=O) groups is 1. The topological polar surface area (TPSA) is 49.3 Å². The Labute approximate surface area is 101 Å². The zero-order chi connectivity index (χ0) is 11.8. The molecule has 0 bridgehead atoms. The minimum absolute atomic E-state index is 0.120. The summed E-state index contributed by atoms with van der Waals surface area (Å²) < 4.78 is 0. The predicted octanol–water partition coefficient (Wildman–Crippen LogP) is 1.17. The van der Waals surface area contributed by atoms with Crippen molar-refractivity contribution in [2.45, 2.75) is 19.3 Å². The number of hydrogen-bond acceptors (Lipinski definition) is 4. The van der Waals surface area contributed by atoms with Gasteiger partial charge in [-0.3, -0.25) is 4.79 Å². The quantitative estimate of drug-likeness (QED) is 0.517. The van der Waals surface area contributed by atoms with Gasteiger partial charge in [-0.2, -0.15) is 0 Å². The highest BCUT2D eigenvalue weighted by Crippen LogP contribution is 2.10. The highest BCUT2D eigenvalue weighted by Gasteiger charge is 2.09. The van der Waals surface area contributed by atoms with Gasteiger partial charge in [-0.25, -0.2) is 0 Å². The molecular weight excluding hydrogens is 222 g/mol. The molecule has 1 aliphatic rings. The number of thiocarbonyl (C=S) groups is 1. The fourth-order valence-corrected chi connectivity index (χ4v) is 1.65. The predicted molar refractivity (Wildman–Crippen MR) is 68.6 cm³/mol. The van der Waals surface area contributed by atoms with E-state index in [1.807, 2.05) is 12.2 Å². The van der Waals surface area contributed by atoms with Gasteiger partial charge in [0.05, 0.1) is 0 Å². The van der Waals surface area contributed by atoms with E-state index >= 15 is 0 Å². The average molecular weight is 239 g/mol. The van der Waals surface area contributed by atoms with Gasteiger partial charge in [-0.15, -0.1) is 0 Å². The van der Waals surface area contributed by atoms with Crippen LogP contribution < -0.4 is 5.32 Å². The van der Waals surface area contributed by atoms with Crippen molar-refractivity contribution < 1.29 is 9.90 Å². The van der Waals surface area contributed by atoms with Crippen LogP contribution in [0.4, 0.5) is 0 Å². The van der Waals surface area contributed by atoms with Crippen LogP contribution in [0.25, 0.3) is 0 Å². The first-order valence-corrected chi connectivity index (χ1v) is 5.90. The Morgan fingerprint density at radius 3 is 3.00 bits per heavy atom. The average Bonchev–Trinajstić information content (AvgIpc) is 2.28. The molecule has 16 heavy (non-hydrogen) atoms. The van der Waals surface area contributed by atoms with Gasteiger partial charge in [0.2, 0.25) is 0 Å². The first kappa shape index (κ1) is 13.2. The van der Waals surface area contributed by atoms with E-state index in [9.17, 15) is 4.79 Å². The molecule has 1 rings (SSSR count). The molecule has 0 spiro atoms. The lowest BCUT2D eigenvalue weighted by Crippen LogP contribution is -2.21. The number of aliphatic hydroxyl groups excluding tert-OH is 1. The lowest BCUT2D eigenvalue weighted by molar-refractivity contribution is -0.115. The van der Waals surface area contributed by atoms with Crippen molar-refractivity contribution >= 4 is 22.9 Å². The van der Waals surface area contributed by atoms with Crippen molar-refractivity contribution in [3.63, 3.8) is 0 Å². The molecule has 1 aliphatic carbocycles. The number of nitrogens with one attached hydrogen (secondary N) is 1. The molecular formula is C12H17NO2S. The van der Waals surface area contributed by atoms with Crippen molar-refractivity contribution in [2.75, 3.05) is 19.7 Å². The smallest absolute Gasteiger partial charge is 0.164 e. The molecule has 0 atom stereocenters. The highest BCUT2D eigenvalue weighted by molar-refractivity contribution is 7.80. The van der Waals surface area contributed by atoms with Gasteiger partial charge < -0.3 is 10.4 Å². The number of hydrogen-bond donors (Lipinski definition) is 2. The van der Waals surface area contributed by atoms with Gasteiger partial charge in [0.15, 0.2) is 5.78 Å². The first-order valence-electron chi connectivity index (χ1n) is 5.50. The lowest BCUT2D eigenvalue weighted by Gasteiger charge is -2.07. The molecule has 0 aromatic carbocycles. The molecule has 3 nitrogen and oxygen atoms in total. The van der Waals surface area contributed by atoms with E-state index in [0.29, 0.717) is 18.5 Å². The van der Waals surface area contributed by atoms with Gasteiger partial charge in [0, 0.05) is 36.4 Å².